The van der Waals surface area contributed by atoms with Gasteiger partial charge in [-0.1, -0.05) is 72.5 Å². The van der Waals surface area contributed by atoms with Crippen molar-refractivity contribution in [1.29, 1.82) is 0 Å². The van der Waals surface area contributed by atoms with Crippen LogP contribution in [0, 0.1) is 5.92 Å². The molecule has 0 amide bonds. The quantitative estimate of drug-likeness (QED) is 0.0677. The Balaban J connectivity index is 2.84. The number of halogens is 3. The first-order valence-corrected chi connectivity index (χ1v) is 21.2. The van der Waals surface area contributed by atoms with Gasteiger partial charge in [-0.2, -0.15) is 13.2 Å². The molecule has 2 unspecified atom stereocenters. The Morgan fingerprint density at radius 3 is 2.20 bits per heavy atom. The highest BCUT2D eigenvalue weighted by Gasteiger charge is 2.40. The van der Waals surface area contributed by atoms with E-state index >= 15 is 0 Å². The van der Waals surface area contributed by atoms with Gasteiger partial charge in [0.2, 0.25) is 0 Å². The van der Waals surface area contributed by atoms with E-state index in [-0.39, 0.29) is 17.6 Å². The first-order valence-electron chi connectivity index (χ1n) is 15.8. The van der Waals surface area contributed by atoms with Gasteiger partial charge in [0.05, 0.1) is 6.10 Å². The van der Waals surface area contributed by atoms with E-state index < -0.39 is 41.3 Å². The minimum Gasteiger partial charge on any atom is -0.479 e. The number of hydrogen-bond acceptors (Lipinski definition) is 3. The number of carboxylic acid groups (broad SMARTS) is 1. The van der Waals surface area contributed by atoms with Crippen LogP contribution in [-0.4, -0.2) is 46.1 Å². The Morgan fingerprint density at radius 2 is 1.66 bits per heavy atom. The third-order valence-electron chi connectivity index (χ3n) is 9.26. The number of alkyl halides is 3. The van der Waals surface area contributed by atoms with Crippen molar-refractivity contribution in [3.05, 3.63) is 29.5 Å². The minimum absolute atomic E-state index is 0.0878. The summed E-state index contributed by atoms with van der Waals surface area (Å²) in [5, 5.41) is 9.62. The molecule has 1 aliphatic rings. The summed E-state index contributed by atoms with van der Waals surface area (Å²) in [6, 6.07) is 3.30. The lowest BCUT2D eigenvalue weighted by molar-refractivity contribution is -0.143. The molecule has 1 aliphatic carbocycles. The summed E-state index contributed by atoms with van der Waals surface area (Å²) in [7, 11) is -4.02. The summed E-state index contributed by atoms with van der Waals surface area (Å²) in [4.78, 5) is 11.9. The summed E-state index contributed by atoms with van der Waals surface area (Å²) >= 11 is 0. The maximum atomic E-state index is 12.4. The standard InChI is InChI=1S/C32H57F3O4Si2/c1-9-41(10-2,11-3)39-28-24-23-26(20-16-13-12-14-19-25-32(33,34)35)27(28)21-17-15-18-22-29(30(36)37)38-40(7,8)31(4,5)6/h15,22-23,27-29H,9-14,16-17,19-21,24-25H2,1-8H3,(H,36,37)/t18?,27-,28?,29?/m1/s1. The second-order valence-electron chi connectivity index (χ2n) is 13.2. The van der Waals surface area contributed by atoms with Crippen LogP contribution in [0.5, 0.6) is 0 Å². The molecule has 0 aromatic carbocycles. The average Bonchev–Trinajstić information content (AvgIpc) is 3.25. The summed E-state index contributed by atoms with van der Waals surface area (Å²) in [6.07, 6.45) is 7.37. The van der Waals surface area contributed by atoms with Crippen molar-refractivity contribution in [2.24, 2.45) is 5.92 Å². The Morgan fingerprint density at radius 1 is 1.07 bits per heavy atom. The maximum Gasteiger partial charge on any atom is 0.389 e. The van der Waals surface area contributed by atoms with Gasteiger partial charge in [-0.15, -0.1) is 5.73 Å². The first kappa shape index (κ1) is 37.9. The molecule has 0 fully saturated rings. The number of unbranched alkanes of at least 4 members (excludes halogenated alkanes) is 4. The molecule has 1 N–H and O–H groups in total. The van der Waals surface area contributed by atoms with Gasteiger partial charge in [-0.25, -0.2) is 4.79 Å². The fourth-order valence-corrected chi connectivity index (χ4v) is 9.33. The zero-order chi connectivity index (χ0) is 31.3. The van der Waals surface area contributed by atoms with Crippen LogP contribution in [0.25, 0.3) is 0 Å². The molecule has 0 spiro atoms. The van der Waals surface area contributed by atoms with Gasteiger partial charge in [0.25, 0.3) is 0 Å². The second kappa shape index (κ2) is 17.2. The fourth-order valence-electron chi connectivity index (χ4n) is 5.27. The van der Waals surface area contributed by atoms with Crippen LogP contribution in [0.2, 0.25) is 36.3 Å². The van der Waals surface area contributed by atoms with E-state index in [1.807, 2.05) is 19.2 Å². The molecule has 0 saturated heterocycles. The SMILES string of the molecule is CC[Si](CC)(CC)OC1CC=C(CCCCCCCC(F)(F)F)[C@H]1CCC=C=CC(O[Si](C)(C)C(C)(C)C)C(=O)O. The van der Waals surface area contributed by atoms with Crippen LogP contribution >= 0.6 is 0 Å². The predicted octanol–water partition coefficient (Wildman–Crippen LogP) is 10.6. The van der Waals surface area contributed by atoms with Crippen LogP contribution in [0.3, 0.4) is 0 Å². The number of carbonyl (C=O) groups is 1. The third kappa shape index (κ3) is 13.4. The fraction of sp³-hybridized carbons (Fsp3) is 0.812. The van der Waals surface area contributed by atoms with E-state index in [0.717, 1.165) is 63.1 Å². The zero-order valence-corrected chi connectivity index (χ0v) is 29.0. The van der Waals surface area contributed by atoms with Gasteiger partial charge in [-0.05, 0) is 86.9 Å². The lowest BCUT2D eigenvalue weighted by Gasteiger charge is -2.37. The largest absolute Gasteiger partial charge is 0.479 e. The van der Waals surface area contributed by atoms with E-state index in [9.17, 15) is 23.1 Å². The predicted molar refractivity (Wildman–Crippen MR) is 168 cm³/mol. The molecule has 1 rings (SSSR count). The van der Waals surface area contributed by atoms with Crippen molar-refractivity contribution >= 4 is 22.6 Å². The number of hydrogen-bond donors (Lipinski definition) is 1. The molecule has 4 nitrogen and oxygen atoms in total. The van der Waals surface area contributed by atoms with Gasteiger partial charge in [-0.3, -0.25) is 0 Å². The smallest absolute Gasteiger partial charge is 0.389 e. The highest BCUT2D eigenvalue weighted by molar-refractivity contribution is 6.74. The van der Waals surface area contributed by atoms with Crippen molar-refractivity contribution in [3.63, 3.8) is 0 Å². The number of rotatable bonds is 19. The molecule has 238 valence electrons. The van der Waals surface area contributed by atoms with Gasteiger partial charge in [0, 0.05) is 12.3 Å². The molecule has 41 heavy (non-hydrogen) atoms. The van der Waals surface area contributed by atoms with Crippen molar-refractivity contribution in [2.75, 3.05) is 0 Å². The molecule has 0 bridgehead atoms. The Bertz CT molecular complexity index is 874. The first-order chi connectivity index (χ1) is 19.0. The second-order valence-corrected chi connectivity index (χ2v) is 22.6. The molecule has 0 saturated carbocycles. The summed E-state index contributed by atoms with van der Waals surface area (Å²) in [5.74, 6) is -0.683. The Labute approximate surface area is 250 Å². The molecule has 9 heteroatoms. The summed E-state index contributed by atoms with van der Waals surface area (Å²) < 4.78 is 50.2. The lowest BCUT2D eigenvalue weighted by atomic mass is 9.90. The lowest BCUT2D eigenvalue weighted by Crippen LogP contribution is -2.45. The van der Waals surface area contributed by atoms with Crippen molar-refractivity contribution < 1.29 is 31.9 Å². The van der Waals surface area contributed by atoms with E-state index in [1.54, 1.807) is 0 Å². The topological polar surface area (TPSA) is 55.8 Å². The molecule has 0 aromatic rings. The van der Waals surface area contributed by atoms with Crippen molar-refractivity contribution in [2.45, 2.75) is 160 Å². The molecular weight excluding hydrogens is 562 g/mol. The van der Waals surface area contributed by atoms with Crippen LogP contribution in [0.15, 0.2) is 29.5 Å². The number of carboxylic acids is 1. The summed E-state index contributed by atoms with van der Waals surface area (Å²) in [5.41, 5.74) is 4.51. The zero-order valence-electron chi connectivity index (χ0n) is 27.0. The molecule has 0 aliphatic heterocycles. The van der Waals surface area contributed by atoms with Gasteiger partial charge in [0.1, 0.15) is 0 Å². The van der Waals surface area contributed by atoms with Crippen LogP contribution in [0.4, 0.5) is 13.2 Å². The van der Waals surface area contributed by atoms with E-state index in [0.29, 0.717) is 12.3 Å². The van der Waals surface area contributed by atoms with Gasteiger partial charge < -0.3 is 14.0 Å². The van der Waals surface area contributed by atoms with E-state index in [2.05, 4.69) is 53.3 Å². The normalized spacial score (nSPS) is 19.0. The van der Waals surface area contributed by atoms with Gasteiger partial charge in [0.15, 0.2) is 22.7 Å². The number of aliphatic carboxylic acids is 1. The van der Waals surface area contributed by atoms with E-state index in [4.69, 9.17) is 8.85 Å². The molecular formula is C32H57F3O4Si2. The molecule has 0 aromatic heterocycles. The van der Waals surface area contributed by atoms with Crippen LogP contribution in [-0.2, 0) is 13.6 Å². The third-order valence-corrected chi connectivity index (χ3v) is 18.4. The monoisotopic (exact) mass is 618 g/mol. The van der Waals surface area contributed by atoms with Crippen molar-refractivity contribution in [3.8, 4) is 0 Å². The highest BCUT2D eigenvalue weighted by Crippen LogP contribution is 2.39. The van der Waals surface area contributed by atoms with Crippen LogP contribution in [0.1, 0.15) is 106 Å². The van der Waals surface area contributed by atoms with Crippen molar-refractivity contribution in [1.82, 2.24) is 0 Å². The maximum absolute atomic E-state index is 12.4. The molecule has 0 radical (unpaired) electrons. The van der Waals surface area contributed by atoms with Gasteiger partial charge >= 0.3 is 12.1 Å². The average molecular weight is 619 g/mol. The summed E-state index contributed by atoms with van der Waals surface area (Å²) in [6.45, 7) is 17.1. The molecule has 0 heterocycles. The molecule has 3 atom stereocenters. The van der Waals surface area contributed by atoms with Crippen LogP contribution < -0.4 is 0 Å². The minimum atomic E-state index is -4.05. The highest BCUT2D eigenvalue weighted by atomic mass is 28.4. The van der Waals surface area contributed by atoms with E-state index in [1.165, 1.54) is 11.6 Å². The Kier molecular flexibility index (Phi) is 15.9. The Hall–Kier alpha value is -1.13.